The Morgan fingerprint density at radius 2 is 1.93 bits per heavy atom. The molecule has 0 spiro atoms. The van der Waals surface area contributed by atoms with Gasteiger partial charge in [-0.2, -0.15) is 0 Å². The molecule has 0 heterocycles. The summed E-state index contributed by atoms with van der Waals surface area (Å²) in [5.74, 6) is 0.0833. The third-order valence-corrected chi connectivity index (χ3v) is 2.64. The minimum atomic E-state index is 0.0833. The maximum absolute atomic E-state index is 11.9. The van der Waals surface area contributed by atoms with Crippen LogP contribution in [0.25, 0.3) is 0 Å². The van der Waals surface area contributed by atoms with Crippen molar-refractivity contribution in [3.8, 4) is 0 Å². The molecule has 0 fully saturated rings. The molecule has 1 heteroatoms. The fourth-order valence-corrected chi connectivity index (χ4v) is 1.50. The lowest BCUT2D eigenvalue weighted by molar-refractivity contribution is 0.103. The van der Waals surface area contributed by atoms with Crippen molar-refractivity contribution in [1.82, 2.24) is 0 Å². The maximum atomic E-state index is 11.9. The lowest BCUT2D eigenvalue weighted by Gasteiger charge is -2.06. The van der Waals surface area contributed by atoms with Gasteiger partial charge in [0.15, 0.2) is 5.78 Å². The van der Waals surface area contributed by atoms with E-state index < -0.39 is 0 Å². The number of rotatable bonds is 4. The van der Waals surface area contributed by atoms with E-state index in [-0.39, 0.29) is 5.78 Å². The number of hydrogen-bond acceptors (Lipinski definition) is 1. The van der Waals surface area contributed by atoms with Gasteiger partial charge >= 0.3 is 0 Å². The minimum absolute atomic E-state index is 0.0833. The molecule has 1 aromatic rings. The molecule has 0 aliphatic rings. The van der Waals surface area contributed by atoms with E-state index in [1.54, 1.807) is 0 Å². The Kier molecular flexibility index (Phi) is 3.84. The van der Waals surface area contributed by atoms with Gasteiger partial charge in [-0.05, 0) is 43.0 Å². The van der Waals surface area contributed by atoms with Crippen molar-refractivity contribution >= 4 is 5.78 Å². The molecule has 1 rings (SSSR count). The summed E-state index contributed by atoms with van der Waals surface area (Å²) in [6.45, 7) is 9.95. The number of Topliss-reactive ketones (excluding diaryl/α,β-unsaturated/α-hetero) is 1. The molecule has 0 atom stereocenters. The fraction of sp³-hybridized carbons (Fsp3) is 0.357. The van der Waals surface area contributed by atoms with E-state index in [4.69, 9.17) is 0 Å². The molecule has 0 aliphatic heterocycles. The Labute approximate surface area is 91.8 Å². The first-order valence-electron chi connectivity index (χ1n) is 5.36. The highest BCUT2D eigenvalue weighted by Crippen LogP contribution is 2.15. The second-order valence-corrected chi connectivity index (χ2v) is 3.98. The molecule has 0 saturated heterocycles. The van der Waals surface area contributed by atoms with Crippen LogP contribution in [0.15, 0.2) is 30.4 Å². The van der Waals surface area contributed by atoms with Gasteiger partial charge in [-0.1, -0.05) is 32.1 Å². The number of carbonyl (C=O) groups is 1. The van der Waals surface area contributed by atoms with E-state index in [1.807, 2.05) is 32.0 Å². The second-order valence-electron chi connectivity index (χ2n) is 3.98. The van der Waals surface area contributed by atoms with Crippen LogP contribution in [0.5, 0.6) is 0 Å². The monoisotopic (exact) mass is 202 g/mol. The molecule has 0 amide bonds. The van der Waals surface area contributed by atoms with Gasteiger partial charge in [0.1, 0.15) is 0 Å². The third-order valence-electron chi connectivity index (χ3n) is 2.64. The lowest BCUT2D eigenvalue weighted by Crippen LogP contribution is -2.03. The molecule has 0 N–H and O–H groups in total. The molecule has 0 saturated carbocycles. The number of ketones is 1. The van der Waals surface area contributed by atoms with E-state index in [0.29, 0.717) is 5.57 Å². The van der Waals surface area contributed by atoms with Crippen molar-refractivity contribution in [2.24, 2.45) is 0 Å². The predicted molar refractivity (Wildman–Crippen MR) is 64.3 cm³/mol. The summed E-state index contributed by atoms with van der Waals surface area (Å²) in [5.41, 5.74) is 3.84. The number of aryl methyl sites for hydroxylation is 2. The zero-order chi connectivity index (χ0) is 11.4. The van der Waals surface area contributed by atoms with Gasteiger partial charge < -0.3 is 0 Å². The zero-order valence-electron chi connectivity index (χ0n) is 9.76. The van der Waals surface area contributed by atoms with Crippen molar-refractivity contribution < 1.29 is 4.79 Å². The molecule has 1 nitrogen and oxygen atoms in total. The van der Waals surface area contributed by atoms with Crippen LogP contribution in [0, 0.1) is 13.8 Å². The van der Waals surface area contributed by atoms with Crippen LogP contribution in [-0.2, 0) is 0 Å². The van der Waals surface area contributed by atoms with Crippen molar-refractivity contribution in [3.05, 3.63) is 47.0 Å². The first-order chi connectivity index (χ1) is 7.06. The highest BCUT2D eigenvalue weighted by atomic mass is 16.1. The van der Waals surface area contributed by atoms with Crippen LogP contribution in [-0.4, -0.2) is 5.78 Å². The molecule has 80 valence electrons. The van der Waals surface area contributed by atoms with Crippen LogP contribution in [0.4, 0.5) is 0 Å². The molecule has 15 heavy (non-hydrogen) atoms. The minimum Gasteiger partial charge on any atom is -0.289 e. The van der Waals surface area contributed by atoms with E-state index in [1.165, 1.54) is 5.56 Å². The largest absolute Gasteiger partial charge is 0.289 e. The molecule has 0 aliphatic carbocycles. The maximum Gasteiger partial charge on any atom is 0.188 e. The summed E-state index contributed by atoms with van der Waals surface area (Å²) in [4.78, 5) is 11.9. The highest BCUT2D eigenvalue weighted by Gasteiger charge is 2.09. The molecular weight excluding hydrogens is 184 g/mol. The van der Waals surface area contributed by atoms with Gasteiger partial charge in [-0.3, -0.25) is 4.79 Å². The van der Waals surface area contributed by atoms with Crippen molar-refractivity contribution in [1.29, 1.82) is 0 Å². The Hall–Kier alpha value is -1.37. The molecule has 0 unspecified atom stereocenters. The normalized spacial score (nSPS) is 10.1. The van der Waals surface area contributed by atoms with Gasteiger partial charge in [0.2, 0.25) is 0 Å². The summed E-state index contributed by atoms with van der Waals surface area (Å²) in [5, 5.41) is 0. The fourth-order valence-electron chi connectivity index (χ4n) is 1.50. The summed E-state index contributed by atoms with van der Waals surface area (Å²) < 4.78 is 0. The molecule has 0 radical (unpaired) electrons. The second kappa shape index (κ2) is 4.92. The molecule has 0 bridgehead atoms. The van der Waals surface area contributed by atoms with Crippen LogP contribution < -0.4 is 0 Å². The number of allylic oxidation sites excluding steroid dienone is 1. The van der Waals surface area contributed by atoms with Gasteiger partial charge in [0, 0.05) is 5.56 Å². The van der Waals surface area contributed by atoms with Crippen molar-refractivity contribution in [2.45, 2.75) is 33.6 Å². The zero-order valence-corrected chi connectivity index (χ0v) is 9.76. The smallest absolute Gasteiger partial charge is 0.188 e. The first-order valence-corrected chi connectivity index (χ1v) is 5.36. The van der Waals surface area contributed by atoms with E-state index in [9.17, 15) is 4.79 Å². The van der Waals surface area contributed by atoms with E-state index >= 15 is 0 Å². The molecule has 1 aromatic carbocycles. The average molecular weight is 202 g/mol. The Balaban J connectivity index is 2.92. The van der Waals surface area contributed by atoms with Crippen LogP contribution in [0.2, 0.25) is 0 Å². The number of carbonyl (C=O) groups excluding carboxylic acids is 1. The summed E-state index contributed by atoms with van der Waals surface area (Å²) >= 11 is 0. The highest BCUT2D eigenvalue weighted by molar-refractivity contribution is 6.08. The average Bonchev–Trinajstić information content (AvgIpc) is 2.21. The summed E-state index contributed by atoms with van der Waals surface area (Å²) in [6.07, 6.45) is 1.75. The quantitative estimate of drug-likeness (QED) is 0.535. The van der Waals surface area contributed by atoms with Gasteiger partial charge in [0.05, 0.1) is 0 Å². The lowest BCUT2D eigenvalue weighted by atomic mass is 9.98. The Bertz CT molecular complexity index is 388. The Morgan fingerprint density at radius 3 is 2.47 bits per heavy atom. The topological polar surface area (TPSA) is 17.1 Å². The third kappa shape index (κ3) is 2.79. The molecular formula is C14H18O. The van der Waals surface area contributed by atoms with Gasteiger partial charge in [0.25, 0.3) is 0 Å². The Morgan fingerprint density at radius 1 is 1.27 bits per heavy atom. The molecule has 0 aromatic heterocycles. The van der Waals surface area contributed by atoms with Gasteiger partial charge in [-0.15, -0.1) is 0 Å². The van der Waals surface area contributed by atoms with Crippen molar-refractivity contribution in [2.75, 3.05) is 0 Å². The number of hydrogen-bond donors (Lipinski definition) is 0. The predicted octanol–water partition coefficient (Wildman–Crippen LogP) is 3.84. The van der Waals surface area contributed by atoms with Gasteiger partial charge in [-0.25, -0.2) is 0 Å². The first kappa shape index (κ1) is 11.7. The van der Waals surface area contributed by atoms with E-state index in [0.717, 1.165) is 24.0 Å². The van der Waals surface area contributed by atoms with Crippen molar-refractivity contribution in [3.63, 3.8) is 0 Å². The number of benzene rings is 1. The standard InChI is InChI=1S/C14H18O/c1-5-6-11(3)14(15)13-8-7-10(2)12(4)9-13/h7-9H,3,5-6H2,1-2,4H3. The SMILES string of the molecule is C=C(CCC)C(=O)c1ccc(C)c(C)c1. The van der Waals surface area contributed by atoms with Crippen LogP contribution in [0.3, 0.4) is 0 Å². The summed E-state index contributed by atoms with van der Waals surface area (Å²) in [7, 11) is 0. The summed E-state index contributed by atoms with van der Waals surface area (Å²) in [6, 6.07) is 5.81. The van der Waals surface area contributed by atoms with Crippen LogP contribution in [0.1, 0.15) is 41.3 Å². The van der Waals surface area contributed by atoms with Crippen LogP contribution >= 0.6 is 0 Å². The van der Waals surface area contributed by atoms with E-state index in [2.05, 4.69) is 13.5 Å².